The SMILES string of the molecule is CCC(C)C(C(CC)OC)N(C)C(=O)CN=C(N)N(C)C. The molecule has 0 aromatic rings. The highest BCUT2D eigenvalue weighted by Gasteiger charge is 2.31. The third-order valence-corrected chi connectivity index (χ3v) is 3.99. The van der Waals surface area contributed by atoms with Crippen LogP contribution < -0.4 is 5.73 Å². The van der Waals surface area contributed by atoms with Crippen molar-refractivity contribution < 1.29 is 9.53 Å². The lowest BCUT2D eigenvalue weighted by Crippen LogP contribution is -2.49. The largest absolute Gasteiger partial charge is 0.379 e. The number of rotatable bonds is 8. The summed E-state index contributed by atoms with van der Waals surface area (Å²) in [6, 6.07) is 0.0493. The molecule has 0 radical (unpaired) electrons. The molecule has 0 saturated heterocycles. The first-order valence-electron chi connectivity index (χ1n) is 7.55. The van der Waals surface area contributed by atoms with Gasteiger partial charge in [0.25, 0.3) is 0 Å². The average molecular weight is 300 g/mol. The molecular formula is C15H32N4O2. The number of likely N-dealkylation sites (N-methyl/N-ethyl adjacent to an activating group) is 1. The Hall–Kier alpha value is -1.30. The first kappa shape index (κ1) is 19.7. The van der Waals surface area contributed by atoms with Crippen LogP contribution in [0.2, 0.25) is 0 Å². The van der Waals surface area contributed by atoms with Gasteiger partial charge < -0.3 is 20.3 Å². The molecule has 0 aromatic heterocycles. The van der Waals surface area contributed by atoms with Crippen LogP contribution in [-0.4, -0.2) is 68.6 Å². The number of nitrogens with zero attached hydrogens (tertiary/aromatic N) is 3. The van der Waals surface area contributed by atoms with E-state index in [4.69, 9.17) is 10.5 Å². The molecule has 6 nitrogen and oxygen atoms in total. The highest BCUT2D eigenvalue weighted by Crippen LogP contribution is 2.21. The van der Waals surface area contributed by atoms with E-state index < -0.39 is 0 Å². The molecule has 124 valence electrons. The monoisotopic (exact) mass is 300 g/mol. The Bertz CT molecular complexity index is 341. The normalized spacial score (nSPS) is 16.2. The van der Waals surface area contributed by atoms with Crippen LogP contribution in [0.5, 0.6) is 0 Å². The molecule has 0 aliphatic carbocycles. The van der Waals surface area contributed by atoms with Crippen molar-refractivity contribution in [3.8, 4) is 0 Å². The third kappa shape index (κ3) is 5.91. The number of guanidine groups is 1. The minimum absolute atomic E-state index is 0.0316. The van der Waals surface area contributed by atoms with Crippen LogP contribution in [0.4, 0.5) is 0 Å². The van der Waals surface area contributed by atoms with Gasteiger partial charge in [-0.1, -0.05) is 27.2 Å². The Labute approximate surface area is 129 Å². The van der Waals surface area contributed by atoms with Gasteiger partial charge in [0, 0.05) is 28.3 Å². The van der Waals surface area contributed by atoms with Crippen molar-refractivity contribution in [2.75, 3.05) is 34.8 Å². The van der Waals surface area contributed by atoms with Gasteiger partial charge in [-0.2, -0.15) is 0 Å². The van der Waals surface area contributed by atoms with Crippen molar-refractivity contribution in [3.05, 3.63) is 0 Å². The number of ether oxygens (including phenoxy) is 1. The van der Waals surface area contributed by atoms with Gasteiger partial charge in [0.2, 0.25) is 5.91 Å². The summed E-state index contributed by atoms with van der Waals surface area (Å²) >= 11 is 0. The number of hydrogen-bond acceptors (Lipinski definition) is 3. The average Bonchev–Trinajstić information content (AvgIpc) is 2.47. The predicted octanol–water partition coefficient (Wildman–Crippen LogP) is 1.16. The first-order chi connectivity index (χ1) is 9.79. The van der Waals surface area contributed by atoms with E-state index >= 15 is 0 Å². The minimum Gasteiger partial charge on any atom is -0.379 e. The quantitative estimate of drug-likeness (QED) is 0.539. The van der Waals surface area contributed by atoms with Crippen molar-refractivity contribution in [2.24, 2.45) is 16.6 Å². The van der Waals surface area contributed by atoms with Gasteiger partial charge in [-0.15, -0.1) is 0 Å². The first-order valence-corrected chi connectivity index (χ1v) is 7.55. The molecule has 3 atom stereocenters. The summed E-state index contributed by atoms with van der Waals surface area (Å²) in [7, 11) is 7.12. The molecule has 0 bridgehead atoms. The molecule has 0 aliphatic heterocycles. The summed E-state index contributed by atoms with van der Waals surface area (Å²) in [6.45, 7) is 6.41. The van der Waals surface area contributed by atoms with Crippen LogP contribution in [0, 0.1) is 5.92 Å². The van der Waals surface area contributed by atoms with Gasteiger partial charge in [0.1, 0.15) is 6.54 Å². The van der Waals surface area contributed by atoms with E-state index in [9.17, 15) is 4.79 Å². The van der Waals surface area contributed by atoms with Gasteiger partial charge in [-0.25, -0.2) is 4.99 Å². The molecule has 0 heterocycles. The van der Waals surface area contributed by atoms with Gasteiger partial charge in [-0.3, -0.25) is 4.79 Å². The van der Waals surface area contributed by atoms with E-state index in [1.165, 1.54) is 0 Å². The maximum absolute atomic E-state index is 12.4. The summed E-state index contributed by atoms with van der Waals surface area (Å²) < 4.78 is 5.56. The van der Waals surface area contributed by atoms with Gasteiger partial charge in [0.05, 0.1) is 12.1 Å². The van der Waals surface area contributed by atoms with Gasteiger partial charge in [0.15, 0.2) is 5.96 Å². The topological polar surface area (TPSA) is 71.2 Å². The summed E-state index contributed by atoms with van der Waals surface area (Å²) in [5.41, 5.74) is 5.72. The molecule has 21 heavy (non-hydrogen) atoms. The number of nitrogens with two attached hydrogens (primary N) is 1. The summed E-state index contributed by atoms with van der Waals surface area (Å²) in [6.07, 6.45) is 1.89. The Morgan fingerprint density at radius 2 is 1.81 bits per heavy atom. The van der Waals surface area contributed by atoms with E-state index in [2.05, 4.69) is 25.8 Å². The highest BCUT2D eigenvalue weighted by molar-refractivity contribution is 5.83. The molecule has 0 aliphatic rings. The van der Waals surface area contributed by atoms with E-state index in [0.29, 0.717) is 11.9 Å². The molecule has 0 spiro atoms. The van der Waals surface area contributed by atoms with E-state index in [1.807, 2.05) is 7.05 Å². The number of methoxy groups -OCH3 is 1. The second-order valence-electron chi connectivity index (χ2n) is 5.63. The molecule has 1 amide bonds. The van der Waals surface area contributed by atoms with Crippen molar-refractivity contribution in [1.82, 2.24) is 9.80 Å². The lowest BCUT2D eigenvalue weighted by Gasteiger charge is -2.37. The number of hydrogen-bond donors (Lipinski definition) is 1. The number of amides is 1. The zero-order valence-corrected chi connectivity index (χ0v) is 14.6. The maximum Gasteiger partial charge on any atom is 0.244 e. The molecule has 2 N–H and O–H groups in total. The van der Waals surface area contributed by atoms with Crippen molar-refractivity contribution in [2.45, 2.75) is 45.8 Å². The Balaban J connectivity index is 4.98. The Morgan fingerprint density at radius 1 is 1.24 bits per heavy atom. The zero-order chi connectivity index (χ0) is 16.6. The van der Waals surface area contributed by atoms with Crippen molar-refractivity contribution in [1.29, 1.82) is 0 Å². The molecule has 0 rings (SSSR count). The van der Waals surface area contributed by atoms with Crippen LogP contribution in [0.15, 0.2) is 4.99 Å². The molecule has 3 unspecified atom stereocenters. The van der Waals surface area contributed by atoms with E-state index in [-0.39, 0.29) is 24.6 Å². The molecule has 0 saturated carbocycles. The second-order valence-corrected chi connectivity index (χ2v) is 5.63. The summed E-state index contributed by atoms with van der Waals surface area (Å²) in [5, 5.41) is 0. The van der Waals surface area contributed by atoms with E-state index in [1.54, 1.807) is 31.0 Å². The highest BCUT2D eigenvalue weighted by atomic mass is 16.5. The molecular weight excluding hydrogens is 268 g/mol. The fourth-order valence-corrected chi connectivity index (χ4v) is 2.35. The van der Waals surface area contributed by atoms with Crippen LogP contribution in [0.25, 0.3) is 0 Å². The Morgan fingerprint density at radius 3 is 2.19 bits per heavy atom. The number of carbonyl (C=O) groups excluding carboxylic acids is 1. The molecule has 6 heteroatoms. The van der Waals surface area contributed by atoms with Crippen LogP contribution in [0.3, 0.4) is 0 Å². The molecule has 0 fully saturated rings. The lowest BCUT2D eigenvalue weighted by molar-refractivity contribution is -0.135. The van der Waals surface area contributed by atoms with Crippen molar-refractivity contribution in [3.63, 3.8) is 0 Å². The summed E-state index contributed by atoms with van der Waals surface area (Å²) in [4.78, 5) is 19.9. The van der Waals surface area contributed by atoms with Crippen molar-refractivity contribution >= 4 is 11.9 Å². The van der Waals surface area contributed by atoms with E-state index in [0.717, 1.165) is 12.8 Å². The van der Waals surface area contributed by atoms with Crippen LogP contribution in [-0.2, 0) is 9.53 Å². The second kappa shape index (κ2) is 9.60. The van der Waals surface area contributed by atoms with Crippen LogP contribution >= 0.6 is 0 Å². The fraction of sp³-hybridized carbons (Fsp3) is 0.867. The maximum atomic E-state index is 12.4. The smallest absolute Gasteiger partial charge is 0.244 e. The Kier molecular flexibility index (Phi) is 9.01. The third-order valence-electron chi connectivity index (χ3n) is 3.99. The molecule has 0 aromatic carbocycles. The zero-order valence-electron chi connectivity index (χ0n) is 14.6. The summed E-state index contributed by atoms with van der Waals surface area (Å²) in [5.74, 6) is 0.676. The standard InChI is InChI=1S/C15H32N4O2/c1-8-11(3)14(12(9-2)21-7)19(6)13(20)10-17-15(16)18(4)5/h11-12,14H,8-10H2,1-7H3,(H2,16,17). The van der Waals surface area contributed by atoms with Crippen LogP contribution in [0.1, 0.15) is 33.6 Å². The lowest BCUT2D eigenvalue weighted by atomic mass is 9.91. The predicted molar refractivity (Wildman–Crippen MR) is 87.3 cm³/mol. The van der Waals surface area contributed by atoms with Gasteiger partial charge >= 0.3 is 0 Å². The van der Waals surface area contributed by atoms with Gasteiger partial charge in [-0.05, 0) is 12.3 Å². The minimum atomic E-state index is -0.0411. The number of aliphatic imine (C=N–C) groups is 1. The number of carbonyl (C=O) groups is 1. The fourth-order valence-electron chi connectivity index (χ4n) is 2.35.